The maximum Gasteiger partial charge on any atom is 0.171 e. The van der Waals surface area contributed by atoms with Crippen LogP contribution in [0.4, 0.5) is 4.39 Å². The highest BCUT2D eigenvalue weighted by atomic mass is 35.5. The maximum absolute atomic E-state index is 12.5. The van der Waals surface area contributed by atoms with E-state index in [0.717, 1.165) is 0 Å². The van der Waals surface area contributed by atoms with E-state index < -0.39 is 5.83 Å². The Morgan fingerprint density at radius 1 is 1.60 bits per heavy atom. The molecule has 0 aromatic rings. The number of carbonyl (C=O) groups excluding carboxylic acids is 1. The van der Waals surface area contributed by atoms with Crippen LogP contribution in [0.2, 0.25) is 0 Å². The lowest BCUT2D eigenvalue weighted by atomic mass is 10.2. The summed E-state index contributed by atoms with van der Waals surface area (Å²) in [5, 5.41) is 0.295. The second-order valence-corrected chi connectivity index (χ2v) is 2.33. The molecule has 0 aliphatic carbocycles. The first-order valence-corrected chi connectivity index (χ1v) is 3.18. The monoisotopic (exact) mass is 161 g/mol. The van der Waals surface area contributed by atoms with Gasteiger partial charge in [-0.25, -0.2) is 9.38 Å². The third-order valence-corrected chi connectivity index (χ3v) is 1.46. The zero-order valence-corrected chi connectivity index (χ0v) is 5.86. The van der Waals surface area contributed by atoms with Crippen molar-refractivity contribution in [1.29, 1.82) is 0 Å². The molecule has 0 atom stereocenters. The number of halogens is 2. The fourth-order valence-corrected chi connectivity index (χ4v) is 0.864. The Labute approximate surface area is 62.4 Å². The summed E-state index contributed by atoms with van der Waals surface area (Å²) in [4.78, 5) is 13.6. The molecule has 10 heavy (non-hydrogen) atoms. The smallest absolute Gasteiger partial charge is 0.171 e. The molecule has 0 fully saturated rings. The normalized spacial score (nSPS) is 18.8. The van der Waals surface area contributed by atoms with Crippen LogP contribution >= 0.6 is 11.6 Å². The number of allylic oxidation sites excluding steroid dienone is 2. The molecule has 0 spiro atoms. The molecule has 2 nitrogen and oxygen atoms in total. The van der Waals surface area contributed by atoms with Gasteiger partial charge in [0.15, 0.2) is 6.29 Å². The molecular weight excluding hydrogens is 157 g/mol. The maximum atomic E-state index is 12.5. The minimum Gasteiger partial charge on any atom is -0.296 e. The van der Waals surface area contributed by atoms with Gasteiger partial charge in [0.25, 0.3) is 0 Å². The van der Waals surface area contributed by atoms with Crippen LogP contribution in [0.5, 0.6) is 0 Å². The van der Waals surface area contributed by atoms with Crippen LogP contribution in [0.1, 0.15) is 12.8 Å². The van der Waals surface area contributed by atoms with Gasteiger partial charge in [-0.2, -0.15) is 0 Å². The van der Waals surface area contributed by atoms with Gasteiger partial charge in [0.2, 0.25) is 0 Å². The van der Waals surface area contributed by atoms with Gasteiger partial charge in [-0.05, 0) is 0 Å². The average Bonchev–Trinajstić information content (AvgIpc) is 1.94. The molecule has 0 amide bonds. The quantitative estimate of drug-likeness (QED) is 0.540. The third kappa shape index (κ3) is 1.42. The topological polar surface area (TPSA) is 29.4 Å². The minimum absolute atomic E-state index is 0.170. The van der Waals surface area contributed by atoms with Crippen molar-refractivity contribution in [3.63, 3.8) is 0 Å². The lowest BCUT2D eigenvalue weighted by molar-refractivity contribution is -0.105. The summed E-state index contributed by atoms with van der Waals surface area (Å²) >= 11 is 5.45. The van der Waals surface area contributed by atoms with Crippen LogP contribution in [-0.4, -0.2) is 11.5 Å². The molecule has 0 unspecified atom stereocenters. The van der Waals surface area contributed by atoms with E-state index in [1.807, 2.05) is 0 Å². The summed E-state index contributed by atoms with van der Waals surface area (Å²) < 4.78 is 12.5. The number of hydrogen-bond donors (Lipinski definition) is 0. The minimum atomic E-state index is -0.473. The van der Waals surface area contributed by atoms with E-state index in [9.17, 15) is 9.18 Å². The SMILES string of the molecule is O=CC1=C(F)CCC(Cl)=N1. The van der Waals surface area contributed by atoms with Crippen LogP contribution in [0, 0.1) is 0 Å². The number of hydrogen-bond acceptors (Lipinski definition) is 2. The van der Waals surface area contributed by atoms with Crippen molar-refractivity contribution in [3.05, 3.63) is 11.5 Å². The standard InChI is InChI=1S/C6H5ClFNO/c7-6-2-1-4(8)5(3-10)9-6/h3H,1-2H2. The fraction of sp³-hybridized carbons (Fsp3) is 0.333. The van der Waals surface area contributed by atoms with E-state index in [2.05, 4.69) is 4.99 Å². The van der Waals surface area contributed by atoms with Crippen LogP contribution in [-0.2, 0) is 4.79 Å². The Kier molecular flexibility index (Phi) is 2.17. The zero-order chi connectivity index (χ0) is 7.56. The Balaban J connectivity index is 2.92. The first-order chi connectivity index (χ1) is 4.74. The molecule has 1 rings (SSSR count). The van der Waals surface area contributed by atoms with Crippen molar-refractivity contribution in [2.75, 3.05) is 0 Å². The summed E-state index contributed by atoms with van der Waals surface area (Å²) in [6, 6.07) is 0. The van der Waals surface area contributed by atoms with Gasteiger partial charge >= 0.3 is 0 Å². The highest BCUT2D eigenvalue weighted by molar-refractivity contribution is 6.65. The van der Waals surface area contributed by atoms with Gasteiger partial charge in [-0.1, -0.05) is 11.6 Å². The van der Waals surface area contributed by atoms with Crippen LogP contribution in [0.15, 0.2) is 16.5 Å². The van der Waals surface area contributed by atoms with E-state index in [1.165, 1.54) is 0 Å². The predicted octanol–water partition coefficient (Wildman–Crippen LogP) is 1.80. The Morgan fingerprint density at radius 3 is 2.80 bits per heavy atom. The summed E-state index contributed by atoms with van der Waals surface area (Å²) in [5.41, 5.74) is -0.170. The number of rotatable bonds is 1. The number of carbonyl (C=O) groups is 1. The number of aldehydes is 1. The molecule has 1 aliphatic rings. The number of nitrogens with zero attached hydrogens (tertiary/aromatic N) is 1. The van der Waals surface area contributed by atoms with E-state index >= 15 is 0 Å². The molecular formula is C6H5ClFNO. The first-order valence-electron chi connectivity index (χ1n) is 2.81. The lowest BCUT2D eigenvalue weighted by Gasteiger charge is -2.04. The number of aliphatic imine (C=N–C) groups is 1. The van der Waals surface area contributed by atoms with Gasteiger partial charge in [-0.15, -0.1) is 0 Å². The highest BCUT2D eigenvalue weighted by Crippen LogP contribution is 2.20. The zero-order valence-electron chi connectivity index (χ0n) is 5.10. The summed E-state index contributed by atoms with van der Waals surface area (Å²) in [5.74, 6) is -0.473. The Bertz CT molecular complexity index is 222. The second-order valence-electron chi connectivity index (χ2n) is 1.90. The summed E-state index contributed by atoms with van der Waals surface area (Å²) in [6.45, 7) is 0. The molecule has 54 valence electrons. The molecule has 0 aromatic heterocycles. The van der Waals surface area contributed by atoms with Crippen molar-refractivity contribution >= 4 is 23.1 Å². The molecule has 0 radical (unpaired) electrons. The Morgan fingerprint density at radius 2 is 2.30 bits per heavy atom. The average molecular weight is 162 g/mol. The highest BCUT2D eigenvalue weighted by Gasteiger charge is 2.12. The van der Waals surface area contributed by atoms with E-state index in [-0.39, 0.29) is 12.1 Å². The van der Waals surface area contributed by atoms with Crippen molar-refractivity contribution < 1.29 is 9.18 Å². The molecule has 1 heterocycles. The molecule has 0 bridgehead atoms. The van der Waals surface area contributed by atoms with Crippen molar-refractivity contribution in [3.8, 4) is 0 Å². The van der Waals surface area contributed by atoms with Gasteiger partial charge in [0, 0.05) is 12.8 Å². The Hall–Kier alpha value is -0.700. The predicted molar refractivity (Wildman–Crippen MR) is 36.7 cm³/mol. The molecule has 0 N–H and O–H groups in total. The summed E-state index contributed by atoms with van der Waals surface area (Å²) in [7, 11) is 0. The molecule has 1 aliphatic heterocycles. The largest absolute Gasteiger partial charge is 0.296 e. The van der Waals surface area contributed by atoms with Crippen LogP contribution < -0.4 is 0 Å². The van der Waals surface area contributed by atoms with Crippen molar-refractivity contribution in [1.82, 2.24) is 0 Å². The molecule has 4 heteroatoms. The van der Waals surface area contributed by atoms with Crippen molar-refractivity contribution in [2.24, 2.45) is 4.99 Å². The fourth-order valence-electron chi connectivity index (χ4n) is 0.679. The second kappa shape index (κ2) is 2.92. The van der Waals surface area contributed by atoms with Gasteiger partial charge < -0.3 is 0 Å². The van der Waals surface area contributed by atoms with Gasteiger partial charge in [-0.3, -0.25) is 4.79 Å². The van der Waals surface area contributed by atoms with Gasteiger partial charge in [0.05, 0.1) is 0 Å². The van der Waals surface area contributed by atoms with Gasteiger partial charge in [0.1, 0.15) is 16.7 Å². The van der Waals surface area contributed by atoms with E-state index in [4.69, 9.17) is 11.6 Å². The first kappa shape index (κ1) is 7.41. The van der Waals surface area contributed by atoms with Crippen LogP contribution in [0.25, 0.3) is 0 Å². The molecule has 0 saturated carbocycles. The lowest BCUT2D eigenvalue weighted by Crippen LogP contribution is -1.99. The van der Waals surface area contributed by atoms with Crippen molar-refractivity contribution in [2.45, 2.75) is 12.8 Å². The third-order valence-electron chi connectivity index (χ3n) is 1.18. The van der Waals surface area contributed by atoms with Crippen LogP contribution in [0.3, 0.4) is 0 Å². The summed E-state index contributed by atoms with van der Waals surface area (Å²) in [6.07, 6.45) is 0.956. The molecule has 0 aromatic carbocycles. The van der Waals surface area contributed by atoms with E-state index in [0.29, 0.717) is 17.9 Å². The van der Waals surface area contributed by atoms with E-state index in [1.54, 1.807) is 0 Å². The molecule has 0 saturated heterocycles.